The van der Waals surface area contributed by atoms with Crippen LogP contribution in [-0.2, 0) is 11.2 Å². The van der Waals surface area contributed by atoms with Gasteiger partial charge in [-0.15, -0.1) is 24.0 Å². The number of halogens is 1. The van der Waals surface area contributed by atoms with Crippen molar-refractivity contribution in [2.75, 3.05) is 27.2 Å². The Hall–Kier alpha value is -1.51. The minimum absolute atomic E-state index is 0. The van der Waals surface area contributed by atoms with Gasteiger partial charge in [0, 0.05) is 32.6 Å². The Balaban J connectivity index is 0.00000529. The lowest BCUT2D eigenvalue weighted by Gasteiger charge is -2.13. The molecule has 1 aromatic rings. The summed E-state index contributed by atoms with van der Waals surface area (Å²) >= 11 is 0. The van der Waals surface area contributed by atoms with Gasteiger partial charge >= 0.3 is 0 Å². The lowest BCUT2D eigenvalue weighted by atomic mass is 10.1. The first-order valence-corrected chi connectivity index (χ1v) is 7.92. The van der Waals surface area contributed by atoms with E-state index in [2.05, 4.69) is 20.9 Å². The number of hydrogen-bond donors (Lipinski definition) is 3. The minimum atomic E-state index is 0. The summed E-state index contributed by atoms with van der Waals surface area (Å²) in [6, 6.07) is 8.18. The first kappa shape index (κ1) is 22.5. The van der Waals surface area contributed by atoms with Crippen LogP contribution in [0.25, 0.3) is 0 Å². The topological polar surface area (TPSA) is 74.8 Å². The number of guanidine groups is 1. The molecule has 0 bridgehead atoms. The second-order valence-corrected chi connectivity index (χ2v) is 5.50. The molecule has 136 valence electrons. The molecule has 1 rings (SSSR count). The molecule has 24 heavy (non-hydrogen) atoms. The zero-order valence-electron chi connectivity index (χ0n) is 14.9. The number of hydrogen-bond acceptors (Lipinski definition) is 3. The first-order chi connectivity index (χ1) is 11.0. The minimum Gasteiger partial charge on any atom is -0.497 e. The normalized spacial score (nSPS) is 10.8. The maximum Gasteiger partial charge on any atom is 0.221 e. The van der Waals surface area contributed by atoms with Crippen molar-refractivity contribution in [3.8, 4) is 5.75 Å². The Bertz CT molecular complexity index is 504. The number of methoxy groups -OCH3 is 1. The highest BCUT2D eigenvalue weighted by Crippen LogP contribution is 2.11. The number of nitrogens with one attached hydrogen (secondary N) is 3. The van der Waals surface area contributed by atoms with Gasteiger partial charge in [-0.3, -0.25) is 9.79 Å². The summed E-state index contributed by atoms with van der Waals surface area (Å²) in [5.74, 6) is 1.61. The molecule has 0 radical (unpaired) electrons. The molecule has 3 N–H and O–H groups in total. The van der Waals surface area contributed by atoms with Gasteiger partial charge < -0.3 is 20.7 Å². The summed E-state index contributed by atoms with van der Waals surface area (Å²) in [4.78, 5) is 15.7. The summed E-state index contributed by atoms with van der Waals surface area (Å²) in [7, 11) is 3.38. The molecule has 0 unspecified atom stereocenters. The van der Waals surface area contributed by atoms with E-state index in [1.807, 2.05) is 38.1 Å². The molecule has 0 aliphatic rings. The fraction of sp³-hybridized carbons (Fsp3) is 0.529. The van der Waals surface area contributed by atoms with Crippen LogP contribution in [0, 0.1) is 0 Å². The highest BCUT2D eigenvalue weighted by molar-refractivity contribution is 14.0. The number of carbonyl (C=O) groups is 1. The number of nitrogens with zero attached hydrogens (tertiary/aromatic N) is 1. The maximum atomic E-state index is 11.6. The van der Waals surface area contributed by atoms with Crippen LogP contribution in [0.4, 0.5) is 0 Å². The molecule has 0 fully saturated rings. The van der Waals surface area contributed by atoms with Crippen LogP contribution in [0.15, 0.2) is 29.3 Å². The Morgan fingerprint density at radius 2 is 1.79 bits per heavy atom. The van der Waals surface area contributed by atoms with Crippen LogP contribution in [-0.4, -0.2) is 45.2 Å². The van der Waals surface area contributed by atoms with Crippen molar-refractivity contribution >= 4 is 35.8 Å². The smallest absolute Gasteiger partial charge is 0.221 e. The number of carbonyl (C=O) groups excluding carboxylic acids is 1. The Kier molecular flexibility index (Phi) is 12.0. The highest BCUT2D eigenvalue weighted by atomic mass is 127. The van der Waals surface area contributed by atoms with Gasteiger partial charge in [-0.2, -0.15) is 0 Å². The Morgan fingerprint density at radius 1 is 1.17 bits per heavy atom. The maximum absolute atomic E-state index is 11.6. The molecular weight excluding hydrogens is 419 g/mol. The molecule has 0 atom stereocenters. The largest absolute Gasteiger partial charge is 0.497 e. The molecule has 0 aromatic heterocycles. The molecule has 0 aliphatic carbocycles. The van der Waals surface area contributed by atoms with Gasteiger partial charge in [-0.1, -0.05) is 12.1 Å². The van der Waals surface area contributed by atoms with Crippen LogP contribution < -0.4 is 20.7 Å². The lowest BCUT2D eigenvalue weighted by molar-refractivity contribution is -0.121. The Labute approximate surface area is 161 Å². The SMILES string of the molecule is CN=C(NCCC(=O)NC(C)C)NCCc1ccc(OC)cc1.I. The van der Waals surface area contributed by atoms with Crippen LogP contribution in [0.1, 0.15) is 25.8 Å². The molecule has 6 nitrogen and oxygen atoms in total. The molecule has 1 amide bonds. The summed E-state index contributed by atoms with van der Waals surface area (Å²) in [5, 5.41) is 9.23. The molecule has 0 heterocycles. The molecule has 0 spiro atoms. The van der Waals surface area contributed by atoms with E-state index in [1.54, 1.807) is 14.2 Å². The molecule has 0 saturated carbocycles. The molecular formula is C17H29IN4O2. The highest BCUT2D eigenvalue weighted by Gasteiger charge is 2.04. The summed E-state index contributed by atoms with van der Waals surface area (Å²) in [6.45, 7) is 5.22. The van der Waals surface area contributed by atoms with Crippen molar-refractivity contribution in [1.82, 2.24) is 16.0 Å². The van der Waals surface area contributed by atoms with Crippen molar-refractivity contribution in [3.63, 3.8) is 0 Å². The Morgan fingerprint density at radius 3 is 2.33 bits per heavy atom. The van der Waals surface area contributed by atoms with Crippen LogP contribution >= 0.6 is 24.0 Å². The number of amides is 1. The molecule has 0 aliphatic heterocycles. The van der Waals surface area contributed by atoms with E-state index in [0.29, 0.717) is 18.9 Å². The second-order valence-electron chi connectivity index (χ2n) is 5.50. The second kappa shape index (κ2) is 12.9. The summed E-state index contributed by atoms with van der Waals surface area (Å²) < 4.78 is 5.14. The van der Waals surface area contributed by atoms with Gasteiger partial charge in [0.25, 0.3) is 0 Å². The van der Waals surface area contributed by atoms with Crippen LogP contribution in [0.5, 0.6) is 5.75 Å². The van der Waals surface area contributed by atoms with Gasteiger partial charge in [0.05, 0.1) is 7.11 Å². The van der Waals surface area contributed by atoms with Crippen molar-refractivity contribution < 1.29 is 9.53 Å². The van der Waals surface area contributed by atoms with E-state index >= 15 is 0 Å². The lowest BCUT2D eigenvalue weighted by Crippen LogP contribution is -2.40. The number of benzene rings is 1. The fourth-order valence-electron chi connectivity index (χ4n) is 2.03. The average molecular weight is 448 g/mol. The predicted molar refractivity (Wildman–Crippen MR) is 109 cm³/mol. The number of ether oxygens (including phenoxy) is 1. The van der Waals surface area contributed by atoms with E-state index in [0.717, 1.165) is 18.7 Å². The summed E-state index contributed by atoms with van der Waals surface area (Å²) in [6.07, 6.45) is 1.32. The van der Waals surface area contributed by atoms with Gasteiger partial charge in [-0.05, 0) is 38.0 Å². The standard InChI is InChI=1S/C17H28N4O2.HI/c1-13(2)21-16(22)10-12-20-17(18-3)19-11-9-14-5-7-15(23-4)8-6-14;/h5-8,13H,9-12H2,1-4H3,(H,21,22)(H2,18,19,20);1H. The van der Waals surface area contributed by atoms with Crippen molar-refractivity contribution in [2.45, 2.75) is 32.7 Å². The molecule has 0 saturated heterocycles. The van der Waals surface area contributed by atoms with Gasteiger partial charge in [0.1, 0.15) is 5.75 Å². The van der Waals surface area contributed by atoms with E-state index in [-0.39, 0.29) is 35.9 Å². The fourth-order valence-corrected chi connectivity index (χ4v) is 2.03. The number of rotatable bonds is 8. The zero-order valence-corrected chi connectivity index (χ0v) is 17.2. The third kappa shape index (κ3) is 9.59. The number of aliphatic imine (C=N–C) groups is 1. The van der Waals surface area contributed by atoms with E-state index in [9.17, 15) is 4.79 Å². The van der Waals surface area contributed by atoms with Crippen molar-refractivity contribution in [1.29, 1.82) is 0 Å². The van der Waals surface area contributed by atoms with Crippen molar-refractivity contribution in [2.24, 2.45) is 4.99 Å². The van der Waals surface area contributed by atoms with Gasteiger partial charge in [-0.25, -0.2) is 0 Å². The summed E-state index contributed by atoms with van der Waals surface area (Å²) in [5.41, 5.74) is 1.23. The predicted octanol–water partition coefficient (Wildman–Crippen LogP) is 1.94. The monoisotopic (exact) mass is 448 g/mol. The van der Waals surface area contributed by atoms with E-state index in [1.165, 1.54) is 5.56 Å². The van der Waals surface area contributed by atoms with Crippen LogP contribution in [0.2, 0.25) is 0 Å². The van der Waals surface area contributed by atoms with E-state index < -0.39 is 0 Å². The molecule has 7 heteroatoms. The van der Waals surface area contributed by atoms with E-state index in [4.69, 9.17) is 4.74 Å². The van der Waals surface area contributed by atoms with Gasteiger partial charge in [0.2, 0.25) is 5.91 Å². The van der Waals surface area contributed by atoms with Gasteiger partial charge in [0.15, 0.2) is 5.96 Å². The third-order valence-corrected chi connectivity index (χ3v) is 3.18. The van der Waals surface area contributed by atoms with Crippen LogP contribution in [0.3, 0.4) is 0 Å². The quantitative estimate of drug-likeness (QED) is 0.323. The first-order valence-electron chi connectivity index (χ1n) is 7.92. The average Bonchev–Trinajstić information content (AvgIpc) is 2.53. The third-order valence-electron chi connectivity index (χ3n) is 3.18. The van der Waals surface area contributed by atoms with Crippen molar-refractivity contribution in [3.05, 3.63) is 29.8 Å². The molecule has 1 aromatic carbocycles. The zero-order chi connectivity index (χ0) is 17.1.